The predicted molar refractivity (Wildman–Crippen MR) is 129 cm³/mol. The lowest BCUT2D eigenvalue weighted by atomic mass is 9.86. The number of aromatic nitrogens is 6. The van der Waals surface area contributed by atoms with Gasteiger partial charge >= 0.3 is 6.18 Å². The molecule has 3 atom stereocenters. The van der Waals surface area contributed by atoms with E-state index >= 15 is 0 Å². The number of halogens is 5. The van der Waals surface area contributed by atoms with Crippen molar-refractivity contribution in [1.82, 2.24) is 40.5 Å². The van der Waals surface area contributed by atoms with Crippen LogP contribution in [0.4, 0.5) is 22.0 Å². The zero-order chi connectivity index (χ0) is 28.9. The molecule has 11 nitrogen and oxygen atoms in total. The third kappa shape index (κ3) is 5.77. The Morgan fingerprint density at radius 2 is 2.07 bits per heavy atom. The van der Waals surface area contributed by atoms with E-state index in [0.717, 1.165) is 12.8 Å². The van der Waals surface area contributed by atoms with Crippen LogP contribution in [0.3, 0.4) is 0 Å². The highest BCUT2D eigenvalue weighted by Gasteiger charge is 2.45. The topological polar surface area (TPSA) is 140 Å². The quantitative estimate of drug-likeness (QED) is 0.320. The number of allylic oxidation sites excluding steroid dienone is 1. The molecule has 1 aliphatic heterocycles. The number of hydrogen-bond donors (Lipinski definition) is 2. The van der Waals surface area contributed by atoms with Crippen LogP contribution in [0, 0.1) is 11.8 Å². The van der Waals surface area contributed by atoms with E-state index in [2.05, 4.69) is 36.0 Å². The molecule has 4 heterocycles. The zero-order valence-electron chi connectivity index (χ0n) is 21.5. The largest absolute Gasteiger partial charge is 0.393 e. The number of nitrogens with one attached hydrogen (secondary N) is 2. The fourth-order valence-electron chi connectivity index (χ4n) is 5.26. The molecule has 2 N–H and O–H groups in total. The monoisotopic (exact) mass is 580 g/mol. The Kier molecular flexibility index (Phi) is 6.72. The van der Waals surface area contributed by atoms with Crippen molar-refractivity contribution in [3.8, 4) is 0 Å². The van der Waals surface area contributed by atoms with Gasteiger partial charge in [0.15, 0.2) is 5.69 Å². The number of rotatable bonds is 7. The van der Waals surface area contributed by atoms with E-state index in [1.807, 2.05) is 0 Å². The van der Waals surface area contributed by atoms with Gasteiger partial charge in [0.25, 0.3) is 17.6 Å². The minimum Gasteiger partial charge on any atom is -0.355 e. The fraction of sp³-hybridized carbons (Fsp3) is 0.560. The van der Waals surface area contributed by atoms with Crippen molar-refractivity contribution >= 4 is 17.6 Å². The van der Waals surface area contributed by atoms with E-state index < -0.39 is 61.2 Å². The number of carbonyl (C=O) groups is 2. The molecule has 41 heavy (non-hydrogen) atoms. The number of imidazole rings is 1. The number of alkyl halides is 5. The van der Waals surface area contributed by atoms with Crippen molar-refractivity contribution in [1.29, 1.82) is 0 Å². The number of amides is 2. The Labute approximate surface area is 228 Å². The lowest BCUT2D eigenvalue weighted by Crippen LogP contribution is -2.47. The van der Waals surface area contributed by atoms with Crippen LogP contribution in [0.2, 0.25) is 0 Å². The molecule has 0 spiro atoms. The highest BCUT2D eigenvalue weighted by molar-refractivity contribution is 5.93. The summed E-state index contributed by atoms with van der Waals surface area (Å²) in [5, 5.41) is 17.1. The molecule has 0 radical (unpaired) electrons. The number of fused-ring (bicyclic) bond motifs is 1. The second-order valence-electron chi connectivity index (χ2n) is 10.8. The van der Waals surface area contributed by atoms with Crippen LogP contribution in [-0.4, -0.2) is 60.4 Å². The Morgan fingerprint density at radius 3 is 2.78 bits per heavy atom. The van der Waals surface area contributed by atoms with Crippen LogP contribution in [0.1, 0.15) is 78.1 Å². The van der Waals surface area contributed by atoms with Crippen molar-refractivity contribution in [3.63, 3.8) is 0 Å². The lowest BCUT2D eigenvalue weighted by molar-refractivity contribution is -0.183. The first-order valence-electron chi connectivity index (χ1n) is 13.2. The maximum atomic E-state index is 13.9. The standard InChI is InChI=1S/C25H25F5N8O3/c26-24(27)5-3-13(4-6-24)18(34-22(40)20-19(12-1-2-12)36-41-37-20)17-11-38-23(33-17)32-10-16(35-38)8-14-7-15(25(28,29)30)9-31-21(14)39/h3,10-12,14-15,18H,1-2,4-9H2,(H,31,39)(H,34,40)/t14?,15-,18+/m1/s1. The van der Waals surface area contributed by atoms with Crippen LogP contribution in [0.5, 0.6) is 0 Å². The van der Waals surface area contributed by atoms with Gasteiger partial charge in [0.1, 0.15) is 5.69 Å². The van der Waals surface area contributed by atoms with Gasteiger partial charge in [-0.1, -0.05) is 11.2 Å². The molecule has 6 rings (SSSR count). The molecule has 2 aliphatic carbocycles. The minimum atomic E-state index is -4.43. The molecule has 1 saturated carbocycles. The molecule has 218 valence electrons. The number of piperidine rings is 1. The maximum absolute atomic E-state index is 13.9. The normalized spacial score (nSPS) is 23.6. The van der Waals surface area contributed by atoms with E-state index in [4.69, 9.17) is 4.63 Å². The van der Waals surface area contributed by atoms with Crippen molar-refractivity contribution in [2.75, 3.05) is 6.54 Å². The van der Waals surface area contributed by atoms with Crippen molar-refractivity contribution in [2.24, 2.45) is 11.8 Å². The average Bonchev–Trinajstić information content (AvgIpc) is 3.48. The van der Waals surface area contributed by atoms with Gasteiger partial charge in [-0.25, -0.2) is 27.9 Å². The van der Waals surface area contributed by atoms with Gasteiger partial charge in [-0.05, 0) is 36.4 Å². The molecule has 0 aromatic carbocycles. The molecule has 3 aromatic heterocycles. The van der Waals surface area contributed by atoms with Crippen LogP contribution in [0.15, 0.2) is 28.7 Å². The summed E-state index contributed by atoms with van der Waals surface area (Å²) in [6.07, 6.45) is 0.112. The smallest absolute Gasteiger partial charge is 0.355 e. The predicted octanol–water partition coefficient (Wildman–Crippen LogP) is 3.46. The third-order valence-electron chi connectivity index (χ3n) is 7.71. The summed E-state index contributed by atoms with van der Waals surface area (Å²) < 4.78 is 73.6. The first-order chi connectivity index (χ1) is 19.5. The Morgan fingerprint density at radius 1 is 1.27 bits per heavy atom. The maximum Gasteiger partial charge on any atom is 0.393 e. The van der Waals surface area contributed by atoms with E-state index in [-0.39, 0.29) is 48.0 Å². The highest BCUT2D eigenvalue weighted by Crippen LogP contribution is 2.41. The van der Waals surface area contributed by atoms with Crippen molar-refractivity contribution < 1.29 is 36.2 Å². The van der Waals surface area contributed by atoms with Gasteiger partial charge in [0, 0.05) is 37.6 Å². The van der Waals surface area contributed by atoms with Crippen LogP contribution < -0.4 is 10.6 Å². The van der Waals surface area contributed by atoms with E-state index in [1.165, 1.54) is 23.0 Å². The Bertz CT molecular complexity index is 1510. The summed E-state index contributed by atoms with van der Waals surface area (Å²) in [7, 11) is 0. The highest BCUT2D eigenvalue weighted by atomic mass is 19.4. The minimum absolute atomic E-state index is 0.00162. The van der Waals surface area contributed by atoms with Gasteiger partial charge in [-0.2, -0.15) is 18.3 Å². The van der Waals surface area contributed by atoms with E-state index in [9.17, 15) is 31.5 Å². The molecule has 16 heteroatoms. The number of hydrogen-bond acceptors (Lipinski definition) is 8. The summed E-state index contributed by atoms with van der Waals surface area (Å²) in [6.45, 7) is -0.462. The Hall–Kier alpha value is -3.98. The van der Waals surface area contributed by atoms with Crippen molar-refractivity contribution in [2.45, 2.75) is 69.0 Å². The second kappa shape index (κ2) is 10.1. The van der Waals surface area contributed by atoms with E-state index in [1.54, 1.807) is 0 Å². The first kappa shape index (κ1) is 27.2. The molecule has 2 amide bonds. The summed E-state index contributed by atoms with van der Waals surface area (Å²) >= 11 is 0. The third-order valence-corrected chi connectivity index (χ3v) is 7.71. The van der Waals surface area contributed by atoms with Gasteiger partial charge < -0.3 is 10.6 Å². The van der Waals surface area contributed by atoms with Gasteiger partial charge in [-0.15, -0.1) is 0 Å². The van der Waals surface area contributed by atoms with Crippen LogP contribution in [0.25, 0.3) is 5.78 Å². The molecule has 2 fully saturated rings. The summed E-state index contributed by atoms with van der Waals surface area (Å²) in [5.74, 6) is -6.35. The van der Waals surface area contributed by atoms with Gasteiger partial charge in [0.2, 0.25) is 5.91 Å². The summed E-state index contributed by atoms with van der Waals surface area (Å²) in [4.78, 5) is 34.1. The fourth-order valence-corrected chi connectivity index (χ4v) is 5.26. The Balaban J connectivity index is 1.26. The second-order valence-corrected chi connectivity index (χ2v) is 10.8. The molecule has 3 aliphatic rings. The molecule has 3 aromatic rings. The first-order valence-corrected chi connectivity index (χ1v) is 13.2. The number of carbonyl (C=O) groups excluding carboxylic acids is 2. The zero-order valence-corrected chi connectivity index (χ0v) is 21.5. The molecular formula is C25H25F5N8O3. The molecule has 0 bridgehead atoms. The lowest BCUT2D eigenvalue weighted by Gasteiger charge is -2.30. The average molecular weight is 581 g/mol. The molecule has 1 saturated heterocycles. The van der Waals surface area contributed by atoms with Crippen molar-refractivity contribution in [3.05, 3.63) is 46.8 Å². The van der Waals surface area contributed by atoms with E-state index in [0.29, 0.717) is 11.3 Å². The van der Waals surface area contributed by atoms with Gasteiger partial charge in [0.05, 0.1) is 35.7 Å². The summed E-state index contributed by atoms with van der Waals surface area (Å²) in [6, 6.07) is -0.911. The van der Waals surface area contributed by atoms with Gasteiger partial charge in [-0.3, -0.25) is 9.59 Å². The summed E-state index contributed by atoms with van der Waals surface area (Å²) in [5.41, 5.74) is 1.51. The van der Waals surface area contributed by atoms with Crippen LogP contribution in [-0.2, 0) is 11.2 Å². The molecular weight excluding hydrogens is 555 g/mol. The number of nitrogens with zero attached hydrogens (tertiary/aromatic N) is 6. The molecule has 1 unspecified atom stereocenters. The SMILES string of the molecule is O=C(N[C@@H](C1=CCC(F)(F)CC1)c1cn2nc(CC3C[C@@H](C(F)(F)F)CNC3=O)cnc2n1)c1nonc1C1CC1. The van der Waals surface area contributed by atoms with Crippen LogP contribution >= 0.6 is 0 Å².